The Labute approximate surface area is 108 Å². The van der Waals surface area contributed by atoms with Gasteiger partial charge in [-0.25, -0.2) is 0 Å². The molecule has 0 bridgehead atoms. The first-order valence-corrected chi connectivity index (χ1v) is 6.80. The fourth-order valence-corrected chi connectivity index (χ4v) is 2.44. The third kappa shape index (κ3) is 4.11. The summed E-state index contributed by atoms with van der Waals surface area (Å²) in [4.78, 5) is 34.7. The molecule has 1 rings (SSSR count). The maximum absolute atomic E-state index is 11.3. The highest BCUT2D eigenvalue weighted by Gasteiger charge is 2.28. The number of carboxylic acids is 1. The van der Waals surface area contributed by atoms with Crippen LogP contribution < -0.4 is 0 Å². The van der Waals surface area contributed by atoms with Gasteiger partial charge in [-0.1, -0.05) is 15.9 Å². The molecule has 0 aliphatic carbocycles. The number of hydrogen-bond donors (Lipinski definition) is 1. The summed E-state index contributed by atoms with van der Waals surface area (Å²) in [5, 5.41) is 9.58. The minimum absolute atomic E-state index is 0.137. The maximum Gasteiger partial charge on any atom is 0.306 e. The van der Waals surface area contributed by atoms with Gasteiger partial charge in [0.2, 0.25) is 11.8 Å². The lowest BCUT2D eigenvalue weighted by atomic mass is 10.0. The largest absolute Gasteiger partial charge is 0.481 e. The quantitative estimate of drug-likeness (QED) is 0.570. The Morgan fingerprint density at radius 1 is 1.29 bits per heavy atom. The predicted molar refractivity (Wildman–Crippen MR) is 64.7 cm³/mol. The first-order chi connectivity index (χ1) is 8.06. The van der Waals surface area contributed by atoms with Crippen molar-refractivity contribution in [3.8, 4) is 0 Å². The molecule has 17 heavy (non-hydrogen) atoms. The van der Waals surface area contributed by atoms with E-state index < -0.39 is 11.9 Å². The van der Waals surface area contributed by atoms with Gasteiger partial charge >= 0.3 is 5.97 Å². The number of nitrogens with zero attached hydrogens (tertiary/aromatic N) is 1. The minimum Gasteiger partial charge on any atom is -0.481 e. The summed E-state index contributed by atoms with van der Waals surface area (Å²) in [6.45, 7) is 0.351. The van der Waals surface area contributed by atoms with Crippen LogP contribution in [0.4, 0.5) is 0 Å². The van der Waals surface area contributed by atoms with Crippen LogP contribution in [0.5, 0.6) is 0 Å². The van der Waals surface area contributed by atoms with Gasteiger partial charge in [0, 0.05) is 24.7 Å². The molecule has 1 aliphatic heterocycles. The van der Waals surface area contributed by atoms with E-state index in [1.165, 1.54) is 4.90 Å². The molecule has 1 saturated heterocycles. The number of amides is 2. The lowest BCUT2D eigenvalue weighted by Crippen LogP contribution is -2.30. The molecule has 1 aliphatic rings. The zero-order valence-electron chi connectivity index (χ0n) is 9.52. The molecule has 0 aromatic rings. The molecule has 0 aromatic carbocycles. The van der Waals surface area contributed by atoms with Crippen molar-refractivity contribution in [2.45, 2.75) is 32.1 Å². The van der Waals surface area contributed by atoms with E-state index in [1.807, 2.05) is 0 Å². The zero-order chi connectivity index (χ0) is 12.8. The van der Waals surface area contributed by atoms with Gasteiger partial charge in [0.1, 0.15) is 0 Å². The SMILES string of the molecule is O=C(O)C(CCBr)CCCN1C(=O)CCC1=O. The highest BCUT2D eigenvalue weighted by Crippen LogP contribution is 2.16. The average molecular weight is 306 g/mol. The van der Waals surface area contributed by atoms with E-state index in [4.69, 9.17) is 5.11 Å². The normalized spacial score (nSPS) is 17.6. The topological polar surface area (TPSA) is 74.7 Å². The van der Waals surface area contributed by atoms with E-state index >= 15 is 0 Å². The Bertz CT molecular complexity index is 303. The van der Waals surface area contributed by atoms with Crippen LogP contribution in [0.3, 0.4) is 0 Å². The molecule has 96 valence electrons. The molecular weight excluding hydrogens is 290 g/mol. The smallest absolute Gasteiger partial charge is 0.306 e. The van der Waals surface area contributed by atoms with Gasteiger partial charge in [0.25, 0.3) is 0 Å². The second-order valence-corrected chi connectivity index (χ2v) is 4.89. The third-order valence-electron chi connectivity index (χ3n) is 2.90. The van der Waals surface area contributed by atoms with E-state index in [-0.39, 0.29) is 11.8 Å². The number of carboxylic acid groups (broad SMARTS) is 1. The number of aliphatic carboxylic acids is 1. The van der Waals surface area contributed by atoms with Gasteiger partial charge in [-0.2, -0.15) is 0 Å². The summed E-state index contributed by atoms with van der Waals surface area (Å²) in [5.41, 5.74) is 0. The maximum atomic E-state index is 11.3. The van der Waals surface area contributed by atoms with E-state index in [9.17, 15) is 14.4 Å². The second kappa shape index (κ2) is 6.74. The first-order valence-electron chi connectivity index (χ1n) is 5.68. The number of rotatable bonds is 7. The third-order valence-corrected chi connectivity index (χ3v) is 3.35. The summed E-state index contributed by atoms with van der Waals surface area (Å²) >= 11 is 3.21. The fraction of sp³-hybridized carbons (Fsp3) is 0.727. The number of hydrogen-bond acceptors (Lipinski definition) is 3. The van der Waals surface area contributed by atoms with Gasteiger partial charge in [0.05, 0.1) is 5.92 Å². The number of carbonyl (C=O) groups is 3. The number of halogens is 1. The van der Waals surface area contributed by atoms with Crippen molar-refractivity contribution in [3.05, 3.63) is 0 Å². The van der Waals surface area contributed by atoms with Crippen molar-refractivity contribution < 1.29 is 19.5 Å². The van der Waals surface area contributed by atoms with Crippen LogP contribution in [-0.2, 0) is 14.4 Å². The minimum atomic E-state index is -0.816. The molecule has 0 radical (unpaired) electrons. The monoisotopic (exact) mass is 305 g/mol. The zero-order valence-corrected chi connectivity index (χ0v) is 11.1. The van der Waals surface area contributed by atoms with E-state index in [1.54, 1.807) is 0 Å². The molecule has 1 unspecified atom stereocenters. The van der Waals surface area contributed by atoms with Crippen LogP contribution in [0.2, 0.25) is 0 Å². The summed E-state index contributed by atoms with van der Waals surface area (Å²) in [5.74, 6) is -1.49. The van der Waals surface area contributed by atoms with Gasteiger partial charge < -0.3 is 5.11 Å². The van der Waals surface area contributed by atoms with Crippen LogP contribution in [0.15, 0.2) is 0 Å². The Morgan fingerprint density at radius 3 is 2.35 bits per heavy atom. The number of imide groups is 1. The lowest BCUT2D eigenvalue weighted by Gasteiger charge is -2.15. The Hall–Kier alpha value is -0.910. The van der Waals surface area contributed by atoms with Gasteiger partial charge in [-0.15, -0.1) is 0 Å². The molecule has 2 amide bonds. The van der Waals surface area contributed by atoms with Crippen molar-refractivity contribution in [2.75, 3.05) is 11.9 Å². The highest BCUT2D eigenvalue weighted by atomic mass is 79.9. The van der Waals surface area contributed by atoms with Crippen LogP contribution in [0.25, 0.3) is 0 Å². The first kappa shape index (κ1) is 14.2. The van der Waals surface area contributed by atoms with Gasteiger partial charge in [-0.3, -0.25) is 19.3 Å². The summed E-state index contributed by atoms with van der Waals surface area (Å²) in [6, 6.07) is 0. The van der Waals surface area contributed by atoms with Crippen molar-refractivity contribution in [1.82, 2.24) is 4.90 Å². The van der Waals surface area contributed by atoms with Crippen molar-refractivity contribution in [3.63, 3.8) is 0 Å². The van der Waals surface area contributed by atoms with Gasteiger partial charge in [0.15, 0.2) is 0 Å². The molecule has 6 heteroatoms. The van der Waals surface area contributed by atoms with Crippen LogP contribution in [-0.4, -0.2) is 39.7 Å². The molecule has 1 fully saturated rings. The molecule has 1 atom stereocenters. The molecule has 0 spiro atoms. The van der Waals surface area contributed by atoms with Gasteiger partial charge in [-0.05, 0) is 19.3 Å². The molecule has 0 saturated carbocycles. The predicted octanol–water partition coefficient (Wildman–Crippen LogP) is 1.40. The number of likely N-dealkylation sites (tertiary alicyclic amines) is 1. The van der Waals surface area contributed by atoms with E-state index in [0.717, 1.165) is 0 Å². The van der Waals surface area contributed by atoms with Crippen molar-refractivity contribution in [2.24, 2.45) is 5.92 Å². The highest BCUT2D eigenvalue weighted by molar-refractivity contribution is 9.09. The number of alkyl halides is 1. The fourth-order valence-electron chi connectivity index (χ4n) is 1.89. The van der Waals surface area contributed by atoms with Crippen molar-refractivity contribution in [1.29, 1.82) is 0 Å². The molecule has 1 N–H and O–H groups in total. The molecule has 1 heterocycles. The summed E-state index contributed by atoms with van der Waals surface area (Å²) in [6.07, 6.45) is 2.21. The Kier molecular flexibility index (Phi) is 5.61. The lowest BCUT2D eigenvalue weighted by molar-refractivity contribution is -0.142. The molecule has 0 aromatic heterocycles. The average Bonchev–Trinajstić information content (AvgIpc) is 2.58. The van der Waals surface area contributed by atoms with E-state index in [2.05, 4.69) is 15.9 Å². The second-order valence-electron chi connectivity index (χ2n) is 4.09. The molecular formula is C11H16BrNO4. The van der Waals surface area contributed by atoms with Crippen molar-refractivity contribution >= 4 is 33.7 Å². The van der Waals surface area contributed by atoms with Crippen LogP contribution >= 0.6 is 15.9 Å². The summed E-state index contributed by atoms with van der Waals surface area (Å²) in [7, 11) is 0. The van der Waals surface area contributed by atoms with Crippen LogP contribution in [0.1, 0.15) is 32.1 Å². The standard InChI is InChI=1S/C11H16BrNO4/c12-6-5-8(11(16)17)2-1-7-13-9(14)3-4-10(13)15/h8H,1-7H2,(H,16,17). The Morgan fingerprint density at radius 2 is 1.88 bits per heavy atom. The summed E-state index contributed by atoms with van der Waals surface area (Å²) < 4.78 is 0. The van der Waals surface area contributed by atoms with Crippen LogP contribution in [0, 0.1) is 5.92 Å². The number of carbonyl (C=O) groups excluding carboxylic acids is 2. The van der Waals surface area contributed by atoms with E-state index in [0.29, 0.717) is 44.0 Å². The Balaban J connectivity index is 2.33. The molecule has 5 nitrogen and oxygen atoms in total.